The van der Waals surface area contributed by atoms with Crippen LogP contribution in [0.25, 0.3) is 0 Å². The summed E-state index contributed by atoms with van der Waals surface area (Å²) >= 11 is 0. The Bertz CT molecular complexity index is 1420. The van der Waals surface area contributed by atoms with E-state index >= 15 is 0 Å². The molecular weight excluding hydrogens is 569 g/mol. The summed E-state index contributed by atoms with van der Waals surface area (Å²) in [6.45, 7) is 6.41. The van der Waals surface area contributed by atoms with E-state index in [1.54, 1.807) is 36.4 Å². The first-order valence-corrected chi connectivity index (χ1v) is 16.4. The molecule has 0 aliphatic heterocycles. The van der Waals surface area contributed by atoms with Gasteiger partial charge in [-0.1, -0.05) is 49.4 Å². The highest BCUT2D eigenvalue weighted by molar-refractivity contribution is 7.92. The van der Waals surface area contributed by atoms with Gasteiger partial charge in [0.1, 0.15) is 17.6 Å². The number of rotatable bonds is 16. The topological polar surface area (TPSA) is 96.0 Å². The van der Waals surface area contributed by atoms with Crippen molar-refractivity contribution in [1.29, 1.82) is 0 Å². The summed E-state index contributed by atoms with van der Waals surface area (Å²) < 4.78 is 45.7. The Morgan fingerprint density at radius 2 is 1.58 bits per heavy atom. The molecule has 0 aromatic heterocycles. The van der Waals surface area contributed by atoms with Crippen molar-refractivity contribution in [3.8, 4) is 5.75 Å². The molecule has 3 rings (SSSR count). The Hall–Kier alpha value is -3.92. The van der Waals surface area contributed by atoms with Crippen LogP contribution in [0, 0.1) is 5.82 Å². The largest absolute Gasteiger partial charge is 0.494 e. The average Bonchev–Trinajstić information content (AvgIpc) is 2.98. The number of carbonyl (C=O) groups is 2. The normalized spacial score (nSPS) is 12.7. The highest BCUT2D eigenvalue weighted by Gasteiger charge is 2.31. The SMILES string of the molecule is CCOc1ccc(N(CCCC(=O)N(Cc2ccc(F)cc2)[C@@H](Cc2ccccc2)C(=O)N[C@H](C)CC)S(C)(=O)=O)cc1. The number of hydrogen-bond acceptors (Lipinski definition) is 5. The summed E-state index contributed by atoms with van der Waals surface area (Å²) in [5, 5.41) is 3.02. The Morgan fingerprint density at radius 3 is 2.16 bits per heavy atom. The summed E-state index contributed by atoms with van der Waals surface area (Å²) in [6, 6.07) is 21.1. The molecule has 0 aliphatic rings. The first-order chi connectivity index (χ1) is 20.5. The van der Waals surface area contributed by atoms with Crippen molar-refractivity contribution < 1.29 is 27.1 Å². The summed E-state index contributed by atoms with van der Waals surface area (Å²) in [5.41, 5.74) is 2.04. The first kappa shape index (κ1) is 33.6. The third-order valence-electron chi connectivity index (χ3n) is 7.13. The number of nitrogens with one attached hydrogen (secondary N) is 1. The van der Waals surface area contributed by atoms with Crippen LogP contribution in [-0.4, -0.2) is 56.6 Å². The van der Waals surface area contributed by atoms with Gasteiger partial charge in [0, 0.05) is 32.0 Å². The van der Waals surface area contributed by atoms with Crippen LogP contribution >= 0.6 is 0 Å². The molecule has 3 aromatic rings. The van der Waals surface area contributed by atoms with Gasteiger partial charge in [0.25, 0.3) is 0 Å². The highest BCUT2D eigenvalue weighted by Crippen LogP contribution is 2.23. The van der Waals surface area contributed by atoms with E-state index in [1.807, 2.05) is 51.1 Å². The van der Waals surface area contributed by atoms with Gasteiger partial charge in [0.05, 0.1) is 18.6 Å². The smallest absolute Gasteiger partial charge is 0.243 e. The standard InChI is InChI=1S/C33H42FN3O5S/c1-5-25(3)35-33(39)31(23-26-11-8-7-9-12-26)36(24-27-14-16-28(34)17-15-27)32(38)13-10-22-37(43(4,40)41)29-18-20-30(21-19-29)42-6-2/h7-9,11-12,14-21,25,31H,5-6,10,13,22-24H2,1-4H3,(H,35,39)/t25-,31+/m1/s1. The number of carbonyl (C=O) groups excluding carboxylic acids is 2. The molecule has 0 saturated heterocycles. The number of benzene rings is 3. The molecule has 0 bridgehead atoms. The summed E-state index contributed by atoms with van der Waals surface area (Å²) in [6.07, 6.45) is 2.37. The van der Waals surface area contributed by atoms with Crippen LogP contribution in [0.4, 0.5) is 10.1 Å². The molecule has 0 fully saturated rings. The summed E-state index contributed by atoms with van der Waals surface area (Å²) in [7, 11) is -3.63. The van der Waals surface area contributed by atoms with E-state index in [0.717, 1.165) is 18.2 Å². The Morgan fingerprint density at radius 1 is 0.930 bits per heavy atom. The van der Waals surface area contributed by atoms with Crippen LogP contribution < -0.4 is 14.4 Å². The lowest BCUT2D eigenvalue weighted by Gasteiger charge is -2.32. The van der Waals surface area contributed by atoms with Crippen LogP contribution in [0.1, 0.15) is 51.2 Å². The highest BCUT2D eigenvalue weighted by atomic mass is 32.2. The van der Waals surface area contributed by atoms with Crippen molar-refractivity contribution >= 4 is 27.5 Å². The van der Waals surface area contributed by atoms with Crippen molar-refractivity contribution in [3.05, 3.63) is 95.8 Å². The molecule has 0 saturated carbocycles. The van der Waals surface area contributed by atoms with Crippen molar-refractivity contribution in [2.45, 2.75) is 65.1 Å². The maximum Gasteiger partial charge on any atom is 0.243 e. The van der Waals surface area contributed by atoms with Gasteiger partial charge in [0.15, 0.2) is 0 Å². The molecule has 3 aromatic carbocycles. The van der Waals surface area contributed by atoms with Crippen LogP contribution in [0.15, 0.2) is 78.9 Å². The van der Waals surface area contributed by atoms with Crippen molar-refractivity contribution in [2.75, 3.05) is 23.7 Å². The van der Waals surface area contributed by atoms with E-state index in [4.69, 9.17) is 4.74 Å². The molecule has 0 radical (unpaired) electrons. The first-order valence-electron chi connectivity index (χ1n) is 14.6. The molecule has 0 spiro atoms. The number of sulfonamides is 1. The molecule has 2 amide bonds. The zero-order chi connectivity index (χ0) is 31.4. The summed E-state index contributed by atoms with van der Waals surface area (Å²) in [5.74, 6) is -0.343. The minimum absolute atomic E-state index is 0.00610. The number of nitrogens with zero attached hydrogens (tertiary/aromatic N) is 2. The Labute approximate surface area is 254 Å². The lowest BCUT2D eigenvalue weighted by atomic mass is 10.0. The molecule has 0 heterocycles. The Kier molecular flexibility index (Phi) is 12.5. The van der Waals surface area contributed by atoms with Gasteiger partial charge in [-0.25, -0.2) is 12.8 Å². The average molecular weight is 612 g/mol. The van der Waals surface area contributed by atoms with E-state index in [9.17, 15) is 22.4 Å². The number of hydrogen-bond donors (Lipinski definition) is 1. The second kappa shape index (κ2) is 16.1. The van der Waals surface area contributed by atoms with E-state index in [1.165, 1.54) is 21.3 Å². The third kappa shape index (κ3) is 10.4. The predicted octanol–water partition coefficient (Wildman–Crippen LogP) is 5.33. The van der Waals surface area contributed by atoms with E-state index in [2.05, 4.69) is 5.32 Å². The molecular formula is C33H42FN3O5S. The van der Waals surface area contributed by atoms with Crippen molar-refractivity contribution in [3.63, 3.8) is 0 Å². The third-order valence-corrected chi connectivity index (χ3v) is 8.32. The second-order valence-electron chi connectivity index (χ2n) is 10.5. The predicted molar refractivity (Wildman–Crippen MR) is 168 cm³/mol. The molecule has 0 aliphatic carbocycles. The maximum atomic E-state index is 13.9. The van der Waals surface area contributed by atoms with Gasteiger partial charge in [0.2, 0.25) is 21.8 Å². The fourth-order valence-corrected chi connectivity index (χ4v) is 5.63. The van der Waals surface area contributed by atoms with Crippen molar-refractivity contribution in [2.24, 2.45) is 0 Å². The number of anilines is 1. The molecule has 43 heavy (non-hydrogen) atoms. The van der Waals surface area contributed by atoms with Crippen molar-refractivity contribution in [1.82, 2.24) is 10.2 Å². The monoisotopic (exact) mass is 611 g/mol. The molecule has 0 unspecified atom stereocenters. The van der Waals surface area contributed by atoms with Gasteiger partial charge in [-0.2, -0.15) is 0 Å². The van der Waals surface area contributed by atoms with Gasteiger partial charge in [-0.05, 0) is 74.2 Å². The lowest BCUT2D eigenvalue weighted by molar-refractivity contribution is -0.141. The quantitative estimate of drug-likeness (QED) is 0.236. The minimum Gasteiger partial charge on any atom is -0.494 e. The fraction of sp³-hybridized carbons (Fsp3) is 0.394. The zero-order valence-electron chi connectivity index (χ0n) is 25.3. The second-order valence-corrected chi connectivity index (χ2v) is 12.4. The molecule has 1 N–H and O–H groups in total. The van der Waals surface area contributed by atoms with Crippen LogP contribution in [-0.2, 0) is 32.6 Å². The van der Waals surface area contributed by atoms with E-state index in [-0.39, 0.29) is 50.2 Å². The van der Waals surface area contributed by atoms with Crippen LogP contribution in [0.2, 0.25) is 0 Å². The van der Waals surface area contributed by atoms with Crippen LogP contribution in [0.5, 0.6) is 5.75 Å². The van der Waals surface area contributed by atoms with E-state index < -0.39 is 21.9 Å². The number of ether oxygens (including phenoxy) is 1. The lowest BCUT2D eigenvalue weighted by Crippen LogP contribution is -2.52. The van der Waals surface area contributed by atoms with Crippen LogP contribution in [0.3, 0.4) is 0 Å². The number of halogens is 1. The van der Waals surface area contributed by atoms with Gasteiger partial charge < -0.3 is 15.0 Å². The fourth-order valence-electron chi connectivity index (χ4n) is 4.66. The zero-order valence-corrected chi connectivity index (χ0v) is 26.1. The minimum atomic E-state index is -3.63. The molecule has 8 nitrogen and oxygen atoms in total. The van der Waals surface area contributed by atoms with Gasteiger partial charge in [-0.15, -0.1) is 0 Å². The molecule has 2 atom stereocenters. The van der Waals surface area contributed by atoms with Gasteiger partial charge in [-0.3, -0.25) is 13.9 Å². The molecule has 232 valence electrons. The molecule has 10 heteroatoms. The Balaban J connectivity index is 1.86. The number of amides is 2. The maximum absolute atomic E-state index is 13.9. The van der Waals surface area contributed by atoms with Gasteiger partial charge >= 0.3 is 0 Å². The summed E-state index contributed by atoms with van der Waals surface area (Å²) in [4.78, 5) is 29.0. The van der Waals surface area contributed by atoms with E-state index in [0.29, 0.717) is 23.6 Å².